The van der Waals surface area contributed by atoms with Crippen LogP contribution < -0.4 is 15.8 Å². The van der Waals surface area contributed by atoms with Gasteiger partial charge in [0.1, 0.15) is 11.6 Å². The summed E-state index contributed by atoms with van der Waals surface area (Å²) in [5.41, 5.74) is 6.58. The van der Waals surface area contributed by atoms with Crippen molar-refractivity contribution in [1.29, 1.82) is 0 Å². The van der Waals surface area contributed by atoms with E-state index >= 15 is 0 Å². The minimum atomic E-state index is -1.30. The SMILES string of the molecule is CC(Oc1ccc(CNC(=O)C2SCCN2C(=O)C[C@H](N)Cc2cc(F)c(F)cc2F)cc1)C(=O)O.Cl. The van der Waals surface area contributed by atoms with E-state index in [2.05, 4.69) is 5.32 Å². The van der Waals surface area contributed by atoms with Crippen LogP contribution in [0.15, 0.2) is 36.4 Å². The van der Waals surface area contributed by atoms with Gasteiger partial charge < -0.3 is 25.8 Å². The second-order valence-electron chi connectivity index (χ2n) is 8.30. The van der Waals surface area contributed by atoms with Gasteiger partial charge in [-0.05, 0) is 42.7 Å². The number of halogens is 4. The van der Waals surface area contributed by atoms with E-state index in [-0.39, 0.29) is 43.3 Å². The van der Waals surface area contributed by atoms with Gasteiger partial charge in [-0.1, -0.05) is 12.1 Å². The van der Waals surface area contributed by atoms with E-state index in [1.807, 2.05) is 0 Å². The number of amides is 2. The summed E-state index contributed by atoms with van der Waals surface area (Å²) in [5, 5.41) is 10.9. The largest absolute Gasteiger partial charge is 0.479 e. The van der Waals surface area contributed by atoms with Crippen molar-refractivity contribution in [2.75, 3.05) is 12.3 Å². The number of nitrogens with two attached hydrogens (primary N) is 1. The van der Waals surface area contributed by atoms with Crippen LogP contribution in [0, 0.1) is 17.5 Å². The van der Waals surface area contributed by atoms with Gasteiger partial charge >= 0.3 is 5.97 Å². The highest BCUT2D eigenvalue weighted by molar-refractivity contribution is 8.00. The fourth-order valence-corrected chi connectivity index (χ4v) is 4.74. The summed E-state index contributed by atoms with van der Waals surface area (Å²) in [5.74, 6) is -4.38. The van der Waals surface area contributed by atoms with E-state index in [1.54, 1.807) is 24.3 Å². The lowest BCUT2D eigenvalue weighted by molar-refractivity contribution is -0.144. The quantitative estimate of drug-likeness (QED) is 0.381. The minimum Gasteiger partial charge on any atom is -0.479 e. The van der Waals surface area contributed by atoms with Gasteiger partial charge in [-0.3, -0.25) is 9.59 Å². The van der Waals surface area contributed by atoms with Crippen LogP contribution in [0.25, 0.3) is 0 Å². The number of rotatable bonds is 10. The Labute approximate surface area is 222 Å². The Kier molecular flexibility index (Phi) is 11.1. The number of carboxylic acids is 1. The number of thioether (sulfide) groups is 1. The predicted octanol–water partition coefficient (Wildman–Crippen LogP) is 2.86. The second-order valence-corrected chi connectivity index (χ2v) is 9.48. The summed E-state index contributed by atoms with van der Waals surface area (Å²) in [6.45, 7) is 1.93. The molecule has 202 valence electrons. The highest BCUT2D eigenvalue weighted by atomic mass is 35.5. The molecule has 0 bridgehead atoms. The molecule has 2 unspecified atom stereocenters. The van der Waals surface area contributed by atoms with Gasteiger partial charge in [-0.15, -0.1) is 24.2 Å². The topological polar surface area (TPSA) is 122 Å². The van der Waals surface area contributed by atoms with Crippen LogP contribution in [0.1, 0.15) is 24.5 Å². The van der Waals surface area contributed by atoms with Crippen molar-refractivity contribution in [1.82, 2.24) is 10.2 Å². The molecule has 13 heteroatoms. The Hall–Kier alpha value is -2.96. The van der Waals surface area contributed by atoms with E-state index in [0.29, 0.717) is 24.1 Å². The zero-order valence-corrected chi connectivity index (χ0v) is 21.4. The Morgan fingerprint density at radius 1 is 1.16 bits per heavy atom. The molecule has 3 atom stereocenters. The van der Waals surface area contributed by atoms with E-state index in [4.69, 9.17) is 15.6 Å². The first kappa shape index (κ1) is 30.3. The second kappa shape index (κ2) is 13.5. The molecule has 2 aromatic rings. The number of hydrogen-bond donors (Lipinski definition) is 3. The molecule has 0 radical (unpaired) electrons. The number of carboxylic acid groups (broad SMARTS) is 1. The normalized spacial score (nSPS) is 16.5. The summed E-state index contributed by atoms with van der Waals surface area (Å²) in [7, 11) is 0. The number of nitrogens with zero attached hydrogens (tertiary/aromatic N) is 1. The molecule has 3 rings (SSSR count). The van der Waals surface area contributed by atoms with Crippen LogP contribution >= 0.6 is 24.2 Å². The molecule has 2 aromatic carbocycles. The molecule has 0 aliphatic carbocycles. The molecule has 0 saturated carbocycles. The van der Waals surface area contributed by atoms with Crippen molar-refractivity contribution in [3.8, 4) is 5.75 Å². The van der Waals surface area contributed by atoms with Gasteiger partial charge in [-0.2, -0.15) is 0 Å². The summed E-state index contributed by atoms with van der Waals surface area (Å²) in [6, 6.07) is 6.87. The number of aliphatic carboxylic acids is 1. The maximum Gasteiger partial charge on any atom is 0.344 e. The van der Waals surface area contributed by atoms with Crippen molar-refractivity contribution in [3.05, 3.63) is 65.0 Å². The summed E-state index contributed by atoms with van der Waals surface area (Å²) in [6.07, 6.45) is -1.36. The number of nitrogens with one attached hydrogen (secondary N) is 1. The molecule has 4 N–H and O–H groups in total. The van der Waals surface area contributed by atoms with Gasteiger partial charge in [0.05, 0.1) is 0 Å². The third-order valence-electron chi connectivity index (χ3n) is 5.49. The molecular formula is C24H27ClF3N3O5S. The van der Waals surface area contributed by atoms with E-state index < -0.39 is 46.8 Å². The smallest absolute Gasteiger partial charge is 0.344 e. The Balaban J connectivity index is 0.00000481. The summed E-state index contributed by atoms with van der Waals surface area (Å²) >= 11 is 1.30. The highest BCUT2D eigenvalue weighted by Crippen LogP contribution is 2.25. The summed E-state index contributed by atoms with van der Waals surface area (Å²) < 4.78 is 45.7. The lowest BCUT2D eigenvalue weighted by Crippen LogP contribution is -2.46. The number of carbonyl (C=O) groups excluding carboxylic acids is 2. The first-order chi connectivity index (χ1) is 17.0. The minimum absolute atomic E-state index is 0. The van der Waals surface area contributed by atoms with Crippen LogP contribution in [-0.4, -0.2) is 57.6 Å². The van der Waals surface area contributed by atoms with E-state index in [0.717, 1.165) is 11.6 Å². The average molecular weight is 562 g/mol. The fourth-order valence-electron chi connectivity index (χ4n) is 3.58. The molecule has 1 aliphatic heterocycles. The molecule has 1 saturated heterocycles. The molecule has 0 spiro atoms. The number of carbonyl (C=O) groups is 3. The van der Waals surface area contributed by atoms with Crippen LogP contribution in [-0.2, 0) is 27.3 Å². The molecule has 37 heavy (non-hydrogen) atoms. The zero-order chi connectivity index (χ0) is 26.4. The highest BCUT2D eigenvalue weighted by Gasteiger charge is 2.35. The third-order valence-corrected chi connectivity index (χ3v) is 6.70. The van der Waals surface area contributed by atoms with E-state index in [9.17, 15) is 27.6 Å². The maximum atomic E-state index is 13.9. The van der Waals surface area contributed by atoms with Crippen LogP contribution in [0.4, 0.5) is 13.2 Å². The predicted molar refractivity (Wildman–Crippen MR) is 134 cm³/mol. The molecule has 1 fully saturated rings. The van der Waals surface area contributed by atoms with Gasteiger partial charge in [0.15, 0.2) is 23.1 Å². The molecule has 1 aliphatic rings. The number of benzene rings is 2. The van der Waals surface area contributed by atoms with Gasteiger partial charge in [0, 0.05) is 37.4 Å². The van der Waals surface area contributed by atoms with Gasteiger partial charge in [-0.25, -0.2) is 18.0 Å². The lowest BCUT2D eigenvalue weighted by Gasteiger charge is -2.24. The first-order valence-corrected chi connectivity index (χ1v) is 12.2. The molecule has 1 heterocycles. The van der Waals surface area contributed by atoms with Crippen LogP contribution in [0.3, 0.4) is 0 Å². The lowest BCUT2D eigenvalue weighted by atomic mass is 10.0. The number of ether oxygens (including phenoxy) is 1. The summed E-state index contributed by atoms with van der Waals surface area (Å²) in [4.78, 5) is 37.8. The first-order valence-electron chi connectivity index (χ1n) is 11.1. The van der Waals surface area contributed by atoms with Crippen molar-refractivity contribution in [3.63, 3.8) is 0 Å². The molecule has 2 amide bonds. The number of hydrogen-bond acceptors (Lipinski definition) is 6. The zero-order valence-electron chi connectivity index (χ0n) is 19.8. The molecule has 8 nitrogen and oxygen atoms in total. The van der Waals surface area contributed by atoms with Crippen LogP contribution in [0.5, 0.6) is 5.75 Å². The van der Waals surface area contributed by atoms with E-state index in [1.165, 1.54) is 23.6 Å². The third kappa shape index (κ3) is 8.27. The van der Waals surface area contributed by atoms with Crippen molar-refractivity contribution in [2.45, 2.75) is 43.8 Å². The van der Waals surface area contributed by atoms with Crippen LogP contribution in [0.2, 0.25) is 0 Å². The monoisotopic (exact) mass is 561 g/mol. The Morgan fingerprint density at radius 2 is 1.81 bits per heavy atom. The van der Waals surface area contributed by atoms with Gasteiger partial charge in [0.25, 0.3) is 5.91 Å². The Bertz CT molecular complexity index is 1130. The van der Waals surface area contributed by atoms with Gasteiger partial charge in [0.2, 0.25) is 5.91 Å². The van der Waals surface area contributed by atoms with Crippen molar-refractivity contribution in [2.24, 2.45) is 5.73 Å². The van der Waals surface area contributed by atoms with Crippen molar-refractivity contribution >= 4 is 42.0 Å². The Morgan fingerprint density at radius 3 is 2.46 bits per heavy atom. The standard InChI is InChI=1S/C24H26F3N3O5S.ClH/c1-13(24(33)34)35-17-4-2-14(3-5-17)12-29-22(32)23-30(6-7-36-23)21(31)10-16(28)8-15-9-19(26)20(27)11-18(15)25;/h2-5,9,11,13,16,23H,6-8,10,12,28H2,1H3,(H,29,32)(H,33,34);1H/t13?,16-,23?;/m1./s1. The maximum absolute atomic E-state index is 13.9. The van der Waals surface area contributed by atoms with Crippen molar-refractivity contribution < 1.29 is 37.4 Å². The fraction of sp³-hybridized carbons (Fsp3) is 0.375. The molecule has 0 aromatic heterocycles. The molecular weight excluding hydrogens is 535 g/mol. The average Bonchev–Trinajstić information content (AvgIpc) is 3.32.